The first kappa shape index (κ1) is 9.80. The molecule has 0 bridgehead atoms. The van der Waals surface area contributed by atoms with E-state index in [9.17, 15) is 0 Å². The number of hydrogen-bond acceptors (Lipinski definition) is 5. The van der Waals surface area contributed by atoms with Crippen LogP contribution in [0.1, 0.15) is 0 Å². The molecule has 0 atom stereocenters. The Morgan fingerprint density at radius 1 is 1.14 bits per heavy atom. The predicted octanol–water partition coefficient (Wildman–Crippen LogP) is -0.187. The lowest BCUT2D eigenvalue weighted by atomic mass is 10.3. The van der Waals surface area contributed by atoms with Gasteiger partial charge in [0.15, 0.2) is 0 Å². The highest BCUT2D eigenvalue weighted by molar-refractivity contribution is 7.71. The summed E-state index contributed by atoms with van der Waals surface area (Å²) in [6.45, 7) is 0. The van der Waals surface area contributed by atoms with E-state index in [1.807, 2.05) is 0 Å². The molecule has 1 aromatic rings. The van der Waals surface area contributed by atoms with E-state index in [2.05, 4.69) is 0 Å². The van der Waals surface area contributed by atoms with E-state index in [1.54, 1.807) is 18.2 Å². The van der Waals surface area contributed by atoms with Crippen LogP contribution in [0.2, 0.25) is 0 Å². The third-order valence-corrected chi connectivity index (χ3v) is 2.06. The summed E-state index contributed by atoms with van der Waals surface area (Å²) in [5.41, 5.74) is -0.00685. The molecule has 0 saturated carbocycles. The summed E-state index contributed by atoms with van der Waals surface area (Å²) in [4.78, 5) is 0. The zero-order chi connectivity index (χ0) is 10.7. The maximum atomic E-state index is 8.59. The van der Waals surface area contributed by atoms with Crippen molar-refractivity contribution in [1.82, 2.24) is 0 Å². The minimum atomic E-state index is -0.0976. The van der Waals surface area contributed by atoms with Crippen molar-refractivity contribution in [1.29, 1.82) is 21.2 Å². The number of nitrogens with zero attached hydrogens (tertiary/aromatic N) is 3. The van der Waals surface area contributed by atoms with Crippen LogP contribution in [0.4, 0.5) is 0 Å². The van der Waals surface area contributed by atoms with Crippen LogP contribution >= 0.6 is 12.2 Å². The van der Waals surface area contributed by atoms with E-state index in [0.29, 0.717) is 14.9 Å². The molecular weight excluding hydrogens is 196 g/mol. The van der Waals surface area contributed by atoms with Crippen molar-refractivity contribution >= 4 is 29.6 Å². The lowest BCUT2D eigenvalue weighted by Crippen LogP contribution is -2.05. The second kappa shape index (κ2) is 3.62. The molecule has 1 aromatic carbocycles. The summed E-state index contributed by atoms with van der Waals surface area (Å²) >= 11 is 4.84. The summed E-state index contributed by atoms with van der Waals surface area (Å²) in [5.74, 6) is 0. The largest absolute Gasteiger partial charge is 0.307 e. The molecule has 4 nitrogen and oxygen atoms in total. The molecule has 5 heteroatoms. The standard InChI is InChI=1S/C9H2N4S/c10-1-5(2-11)7-8(9(7)14)6(3-12)4-13/h1,10H/b7-5+,10-1?. The van der Waals surface area contributed by atoms with E-state index < -0.39 is 0 Å². The van der Waals surface area contributed by atoms with E-state index in [0.717, 1.165) is 6.21 Å². The number of nitrogens with one attached hydrogen (secondary N) is 1. The second-order valence-electron chi connectivity index (χ2n) is 2.35. The van der Waals surface area contributed by atoms with Crippen molar-refractivity contribution in [2.45, 2.75) is 0 Å². The number of rotatable bonds is 1. The molecule has 0 heterocycles. The maximum Gasteiger partial charge on any atom is 0.139 e. The molecule has 0 amide bonds. The van der Waals surface area contributed by atoms with Gasteiger partial charge in [0.1, 0.15) is 23.8 Å². The Labute approximate surface area is 84.4 Å². The van der Waals surface area contributed by atoms with E-state index in [-0.39, 0.29) is 11.1 Å². The van der Waals surface area contributed by atoms with Crippen molar-refractivity contribution in [3.8, 4) is 18.2 Å². The number of hydrogen-bond donors (Lipinski definition) is 1. The van der Waals surface area contributed by atoms with E-state index in [1.165, 1.54) is 0 Å². The lowest BCUT2D eigenvalue weighted by Gasteiger charge is -1.73. The first-order valence-electron chi connectivity index (χ1n) is 3.45. The van der Waals surface area contributed by atoms with Crippen LogP contribution in [-0.2, 0) is 0 Å². The average Bonchev–Trinajstić information content (AvgIpc) is 2.83. The molecule has 0 saturated heterocycles. The van der Waals surface area contributed by atoms with Crippen LogP contribution in [-0.4, -0.2) is 6.21 Å². The van der Waals surface area contributed by atoms with Gasteiger partial charge in [0.2, 0.25) is 0 Å². The highest BCUT2D eigenvalue weighted by Crippen LogP contribution is 1.92. The van der Waals surface area contributed by atoms with Crippen molar-refractivity contribution < 1.29 is 0 Å². The van der Waals surface area contributed by atoms with Crippen LogP contribution < -0.4 is 10.4 Å². The second-order valence-corrected chi connectivity index (χ2v) is 2.76. The molecule has 0 unspecified atom stereocenters. The maximum absolute atomic E-state index is 8.59. The average molecular weight is 198 g/mol. The van der Waals surface area contributed by atoms with Gasteiger partial charge in [0, 0.05) is 16.7 Å². The Bertz CT molecular complexity index is 634. The minimum Gasteiger partial charge on any atom is -0.307 e. The van der Waals surface area contributed by atoms with Gasteiger partial charge in [-0.2, -0.15) is 15.8 Å². The van der Waals surface area contributed by atoms with Gasteiger partial charge in [-0.05, 0) is 0 Å². The van der Waals surface area contributed by atoms with Crippen LogP contribution in [0, 0.1) is 43.9 Å². The third-order valence-electron chi connectivity index (χ3n) is 1.65. The molecule has 0 fully saturated rings. The van der Waals surface area contributed by atoms with Crippen molar-refractivity contribution in [3.63, 3.8) is 0 Å². The zero-order valence-electron chi connectivity index (χ0n) is 6.83. The van der Waals surface area contributed by atoms with Gasteiger partial charge in [-0.1, -0.05) is 12.2 Å². The molecule has 0 aliphatic heterocycles. The van der Waals surface area contributed by atoms with E-state index in [4.69, 9.17) is 33.4 Å². The summed E-state index contributed by atoms with van der Waals surface area (Å²) in [5, 5.41) is 33.3. The lowest BCUT2D eigenvalue weighted by molar-refractivity contribution is 1.50. The smallest absolute Gasteiger partial charge is 0.139 e. The number of nitriles is 3. The molecule has 0 radical (unpaired) electrons. The highest BCUT2D eigenvalue weighted by atomic mass is 32.1. The highest BCUT2D eigenvalue weighted by Gasteiger charge is 2.12. The topological polar surface area (TPSA) is 95.2 Å². The summed E-state index contributed by atoms with van der Waals surface area (Å²) < 4.78 is 0.336. The summed E-state index contributed by atoms with van der Waals surface area (Å²) in [6, 6.07) is 5.15. The fraction of sp³-hybridized carbons (Fsp3) is 0. The molecule has 0 spiro atoms. The molecule has 0 aromatic heterocycles. The van der Waals surface area contributed by atoms with Gasteiger partial charge >= 0.3 is 0 Å². The Morgan fingerprint density at radius 2 is 1.71 bits per heavy atom. The normalized spacial score (nSPS) is 10.9. The minimum absolute atomic E-state index is 0.0907. The molecule has 0 aliphatic rings. The van der Waals surface area contributed by atoms with Gasteiger partial charge in [0.25, 0.3) is 0 Å². The van der Waals surface area contributed by atoms with Gasteiger partial charge in [-0.25, -0.2) is 0 Å². The third kappa shape index (κ3) is 1.31. The Kier molecular flexibility index (Phi) is 2.53. The monoisotopic (exact) mass is 198 g/mol. The fourth-order valence-electron chi connectivity index (χ4n) is 0.963. The van der Waals surface area contributed by atoms with Crippen molar-refractivity contribution in [3.05, 3.63) is 14.9 Å². The fourth-order valence-corrected chi connectivity index (χ4v) is 1.33. The van der Waals surface area contributed by atoms with Crippen molar-refractivity contribution in [2.75, 3.05) is 0 Å². The molecule has 1 N–H and O–H groups in total. The van der Waals surface area contributed by atoms with Gasteiger partial charge < -0.3 is 5.41 Å². The Balaban J connectivity index is 3.77. The van der Waals surface area contributed by atoms with E-state index >= 15 is 0 Å². The molecule has 14 heavy (non-hydrogen) atoms. The predicted molar refractivity (Wildman–Crippen MR) is 51.3 cm³/mol. The van der Waals surface area contributed by atoms with Gasteiger partial charge in [-0.15, -0.1) is 0 Å². The Morgan fingerprint density at radius 3 is 2.07 bits per heavy atom. The Hall–Kier alpha value is -2.29. The molecule has 64 valence electrons. The summed E-state index contributed by atoms with van der Waals surface area (Å²) in [6.07, 6.45) is 0.862. The van der Waals surface area contributed by atoms with Crippen LogP contribution in [0.5, 0.6) is 0 Å². The van der Waals surface area contributed by atoms with Crippen LogP contribution in [0.15, 0.2) is 0 Å². The zero-order valence-corrected chi connectivity index (χ0v) is 7.64. The van der Waals surface area contributed by atoms with Crippen LogP contribution in [0.3, 0.4) is 0 Å². The summed E-state index contributed by atoms with van der Waals surface area (Å²) in [7, 11) is 0. The van der Waals surface area contributed by atoms with Gasteiger partial charge in [-0.3, -0.25) is 0 Å². The quantitative estimate of drug-likeness (QED) is 0.500. The first-order valence-corrected chi connectivity index (χ1v) is 3.86. The first-order chi connectivity index (χ1) is 6.71. The molecule has 1 rings (SSSR count). The molecular formula is C9H2N4S. The SMILES string of the molecule is N#CC(C#N)=c1c(=S)/c1=C(/C#N)C=N. The molecule has 0 aliphatic carbocycles. The van der Waals surface area contributed by atoms with Gasteiger partial charge in [0.05, 0.1) is 10.1 Å². The van der Waals surface area contributed by atoms with Crippen molar-refractivity contribution in [2.24, 2.45) is 0 Å². The van der Waals surface area contributed by atoms with Crippen LogP contribution in [0.25, 0.3) is 11.1 Å².